The Morgan fingerprint density at radius 2 is 1.56 bits per heavy atom. The smallest absolute Gasteiger partial charge is 0.269 e. The number of hydrogen-bond acceptors (Lipinski definition) is 8. The van der Waals surface area contributed by atoms with E-state index in [2.05, 4.69) is 46.3 Å². The monoisotopic (exact) mass is 650 g/mol. The third-order valence-corrected chi connectivity index (χ3v) is 9.32. The van der Waals surface area contributed by atoms with Crippen LogP contribution in [0.25, 0.3) is 11.1 Å². The fourth-order valence-electron chi connectivity index (χ4n) is 6.51. The van der Waals surface area contributed by atoms with Crippen molar-refractivity contribution < 1.29 is 24.3 Å². The number of hydrogen-bond donors (Lipinski definition) is 2. The molecule has 4 atom stereocenters. The van der Waals surface area contributed by atoms with E-state index in [9.17, 15) is 20.0 Å². The second-order valence-electron chi connectivity index (χ2n) is 12.6. The van der Waals surface area contributed by atoms with E-state index < -0.39 is 6.29 Å². The Morgan fingerprint density at radius 1 is 0.875 bits per heavy atom. The molecule has 2 aliphatic rings. The van der Waals surface area contributed by atoms with Gasteiger partial charge in [0.2, 0.25) is 5.91 Å². The quantitative estimate of drug-likeness (QED) is 0.159. The molecule has 4 aromatic rings. The lowest BCUT2D eigenvalue weighted by Crippen LogP contribution is -2.51. The van der Waals surface area contributed by atoms with Crippen LogP contribution in [0.1, 0.15) is 48.5 Å². The predicted molar refractivity (Wildman–Crippen MR) is 184 cm³/mol. The van der Waals surface area contributed by atoms with Gasteiger partial charge in [0.1, 0.15) is 0 Å². The Bertz CT molecular complexity index is 1710. The SMILES string of the molecule is CC(=O)NCc1cccc(-c2cccc([C@H]3O[C@@H](CN4CCN(c5ccc([N+](=O)[O-])cc5)CC4)[C@@H](C)[C@@H](c4ccc(CO)cc4)O3)c2)c1. The third-order valence-electron chi connectivity index (χ3n) is 9.32. The number of rotatable bonds is 10. The van der Waals surface area contributed by atoms with Crippen LogP contribution in [0.2, 0.25) is 0 Å². The van der Waals surface area contributed by atoms with E-state index in [1.807, 2.05) is 60.7 Å². The maximum atomic E-state index is 11.5. The van der Waals surface area contributed by atoms with Gasteiger partial charge in [0.05, 0.1) is 23.7 Å². The van der Waals surface area contributed by atoms with Crippen molar-refractivity contribution in [1.82, 2.24) is 10.2 Å². The van der Waals surface area contributed by atoms with E-state index >= 15 is 0 Å². The van der Waals surface area contributed by atoms with Crippen LogP contribution in [0, 0.1) is 16.0 Å². The molecule has 2 aliphatic heterocycles. The van der Waals surface area contributed by atoms with Crippen molar-refractivity contribution in [3.05, 3.63) is 129 Å². The molecule has 2 saturated heterocycles. The largest absolute Gasteiger partial charge is 0.392 e. The van der Waals surface area contributed by atoms with Gasteiger partial charge in [0, 0.05) is 75.5 Å². The number of amides is 1. The molecule has 0 bridgehead atoms. The lowest BCUT2D eigenvalue weighted by atomic mass is 9.89. The zero-order chi connectivity index (χ0) is 33.6. The van der Waals surface area contributed by atoms with Crippen LogP contribution in [0.4, 0.5) is 11.4 Å². The van der Waals surface area contributed by atoms with E-state index in [4.69, 9.17) is 9.47 Å². The Kier molecular flexibility index (Phi) is 10.5. The number of nitro groups is 1. The molecule has 1 amide bonds. The number of aliphatic hydroxyl groups excluding tert-OH is 1. The van der Waals surface area contributed by atoms with E-state index in [1.54, 1.807) is 12.1 Å². The van der Waals surface area contributed by atoms with E-state index in [1.165, 1.54) is 6.92 Å². The number of carbonyl (C=O) groups is 1. The molecule has 4 aromatic carbocycles. The lowest BCUT2D eigenvalue weighted by Gasteiger charge is -2.44. The minimum absolute atomic E-state index is 0.0135. The highest BCUT2D eigenvalue weighted by Gasteiger charge is 2.39. The number of nitrogens with zero attached hydrogens (tertiary/aromatic N) is 3. The first-order chi connectivity index (χ1) is 23.3. The van der Waals surface area contributed by atoms with Gasteiger partial charge in [-0.3, -0.25) is 19.8 Å². The molecule has 10 nitrogen and oxygen atoms in total. The lowest BCUT2D eigenvalue weighted by molar-refractivity contribution is -0.384. The maximum absolute atomic E-state index is 11.5. The van der Waals surface area contributed by atoms with Crippen LogP contribution in [0.15, 0.2) is 97.1 Å². The van der Waals surface area contributed by atoms with Crippen LogP contribution in [-0.4, -0.2) is 59.7 Å². The molecule has 6 rings (SSSR count). The summed E-state index contributed by atoms with van der Waals surface area (Å²) in [6.45, 7) is 8.20. The summed E-state index contributed by atoms with van der Waals surface area (Å²) in [6, 6.07) is 31.1. The summed E-state index contributed by atoms with van der Waals surface area (Å²) in [4.78, 5) is 26.9. The van der Waals surface area contributed by atoms with Gasteiger partial charge in [-0.25, -0.2) is 0 Å². The predicted octanol–water partition coefficient (Wildman–Crippen LogP) is 6.00. The minimum atomic E-state index is -0.586. The highest BCUT2D eigenvalue weighted by Crippen LogP contribution is 2.42. The number of nitro benzene ring substituents is 1. The highest BCUT2D eigenvalue weighted by atomic mass is 16.7. The number of piperazine rings is 1. The standard InChI is InChI=1S/C38H42N4O6/c1-26-36(24-40-17-19-41(20-18-40)34-13-15-35(16-14-34)42(45)46)47-38(48-37(26)30-11-9-28(25-43)10-12-30)33-8-4-7-32(22-33)31-6-3-5-29(21-31)23-39-27(2)44/h3-16,21-22,26,36-38,43H,17-20,23-25H2,1-2H3,(H,39,44)/t26-,36+,37+,38+/m1/s1. The first-order valence-electron chi connectivity index (χ1n) is 16.4. The van der Waals surface area contributed by atoms with E-state index in [-0.39, 0.29) is 41.3 Å². The van der Waals surface area contributed by atoms with Crippen molar-refractivity contribution >= 4 is 17.3 Å². The molecule has 0 unspecified atom stereocenters. The summed E-state index contributed by atoms with van der Waals surface area (Å²) >= 11 is 0. The normalized spacial score (nSPS) is 21.5. The Morgan fingerprint density at radius 3 is 2.23 bits per heavy atom. The fourth-order valence-corrected chi connectivity index (χ4v) is 6.51. The second kappa shape index (κ2) is 15.1. The number of carbonyl (C=O) groups excluding carboxylic acids is 1. The summed E-state index contributed by atoms with van der Waals surface area (Å²) in [5.74, 6) is -0.00716. The molecule has 2 fully saturated rings. The molecule has 0 spiro atoms. The van der Waals surface area contributed by atoms with Gasteiger partial charge in [-0.1, -0.05) is 67.6 Å². The zero-order valence-corrected chi connectivity index (χ0v) is 27.3. The Hall–Kier alpha value is -4.61. The molecular formula is C38H42N4O6. The summed E-state index contributed by atoms with van der Waals surface area (Å²) in [6.07, 6.45) is -0.910. The van der Waals surface area contributed by atoms with Crippen molar-refractivity contribution in [2.24, 2.45) is 5.92 Å². The van der Waals surface area contributed by atoms with Crippen molar-refractivity contribution in [2.45, 2.75) is 45.5 Å². The Balaban J connectivity index is 1.20. The minimum Gasteiger partial charge on any atom is -0.392 e. The molecule has 0 aromatic heterocycles. The molecule has 10 heteroatoms. The van der Waals surface area contributed by atoms with Crippen molar-refractivity contribution in [3.8, 4) is 11.1 Å². The summed E-state index contributed by atoms with van der Waals surface area (Å²) < 4.78 is 13.5. The number of ether oxygens (including phenoxy) is 2. The third kappa shape index (κ3) is 7.91. The fraction of sp³-hybridized carbons (Fsp3) is 0.342. The second-order valence-corrected chi connectivity index (χ2v) is 12.6. The average molecular weight is 651 g/mol. The van der Waals surface area contributed by atoms with Crippen molar-refractivity contribution in [2.75, 3.05) is 37.6 Å². The van der Waals surface area contributed by atoms with E-state index in [0.29, 0.717) is 6.54 Å². The van der Waals surface area contributed by atoms with Crippen molar-refractivity contribution in [1.29, 1.82) is 0 Å². The number of aliphatic hydroxyl groups is 1. The van der Waals surface area contributed by atoms with Crippen LogP contribution in [0.3, 0.4) is 0 Å². The number of anilines is 1. The van der Waals surface area contributed by atoms with Gasteiger partial charge in [-0.2, -0.15) is 0 Å². The molecule has 2 N–H and O–H groups in total. The van der Waals surface area contributed by atoms with Crippen LogP contribution < -0.4 is 10.2 Å². The van der Waals surface area contributed by atoms with Gasteiger partial charge in [-0.05, 0) is 52.1 Å². The van der Waals surface area contributed by atoms with Crippen LogP contribution in [-0.2, 0) is 27.4 Å². The maximum Gasteiger partial charge on any atom is 0.269 e. The average Bonchev–Trinajstić information content (AvgIpc) is 3.12. The highest BCUT2D eigenvalue weighted by molar-refractivity contribution is 5.73. The molecule has 0 aliphatic carbocycles. The van der Waals surface area contributed by atoms with Crippen LogP contribution >= 0.6 is 0 Å². The van der Waals surface area contributed by atoms with Gasteiger partial charge in [0.25, 0.3) is 5.69 Å². The van der Waals surface area contributed by atoms with Gasteiger partial charge in [0.15, 0.2) is 6.29 Å². The Labute approximate surface area is 281 Å². The number of benzene rings is 4. The number of non-ortho nitro benzene ring substituents is 1. The number of nitrogens with one attached hydrogen (secondary N) is 1. The molecule has 48 heavy (non-hydrogen) atoms. The first-order valence-corrected chi connectivity index (χ1v) is 16.4. The first kappa shape index (κ1) is 33.3. The van der Waals surface area contributed by atoms with Gasteiger partial charge >= 0.3 is 0 Å². The van der Waals surface area contributed by atoms with Gasteiger partial charge < -0.3 is 24.8 Å². The molecule has 250 valence electrons. The topological polar surface area (TPSA) is 117 Å². The zero-order valence-electron chi connectivity index (χ0n) is 27.3. The summed E-state index contributed by atoms with van der Waals surface area (Å²) in [5, 5.41) is 23.6. The molecule has 0 saturated carbocycles. The molecular weight excluding hydrogens is 608 g/mol. The van der Waals surface area contributed by atoms with Crippen molar-refractivity contribution in [3.63, 3.8) is 0 Å². The molecule has 2 heterocycles. The van der Waals surface area contributed by atoms with Crippen LogP contribution in [0.5, 0.6) is 0 Å². The van der Waals surface area contributed by atoms with E-state index in [0.717, 1.165) is 71.8 Å². The summed E-state index contributed by atoms with van der Waals surface area (Å²) in [7, 11) is 0. The molecule has 0 radical (unpaired) electrons. The van der Waals surface area contributed by atoms with Gasteiger partial charge in [-0.15, -0.1) is 0 Å². The summed E-state index contributed by atoms with van der Waals surface area (Å²) in [5.41, 5.74) is 7.01.